The molecule has 1 aromatic carbocycles. The molecule has 1 aliphatic rings. The molecular formula is C20H21F2N5. The summed E-state index contributed by atoms with van der Waals surface area (Å²) in [4.78, 5) is 8.90. The maximum atomic E-state index is 14.1. The van der Waals surface area contributed by atoms with Crippen molar-refractivity contribution in [2.45, 2.75) is 45.1 Å². The molecule has 1 saturated carbocycles. The van der Waals surface area contributed by atoms with Gasteiger partial charge >= 0.3 is 0 Å². The quantitative estimate of drug-likeness (QED) is 0.727. The first-order chi connectivity index (χ1) is 13.1. The van der Waals surface area contributed by atoms with Gasteiger partial charge < -0.3 is 5.32 Å². The average Bonchev–Trinajstić information content (AvgIpc) is 3.04. The summed E-state index contributed by atoms with van der Waals surface area (Å²) in [5, 5.41) is 7.58. The van der Waals surface area contributed by atoms with Crippen molar-refractivity contribution in [2.75, 3.05) is 5.32 Å². The molecule has 1 aliphatic carbocycles. The zero-order chi connectivity index (χ0) is 18.8. The van der Waals surface area contributed by atoms with E-state index < -0.39 is 11.6 Å². The molecule has 0 amide bonds. The van der Waals surface area contributed by atoms with Gasteiger partial charge in [0.25, 0.3) is 0 Å². The number of para-hydroxylation sites is 1. The highest BCUT2D eigenvalue weighted by molar-refractivity contribution is 5.63. The molecule has 2 heterocycles. The van der Waals surface area contributed by atoms with Crippen LogP contribution in [0.4, 0.5) is 14.7 Å². The summed E-state index contributed by atoms with van der Waals surface area (Å²) in [7, 11) is 0. The Morgan fingerprint density at radius 3 is 2.56 bits per heavy atom. The molecule has 27 heavy (non-hydrogen) atoms. The molecule has 2 aromatic heterocycles. The number of halogens is 2. The van der Waals surface area contributed by atoms with E-state index in [9.17, 15) is 8.78 Å². The number of hydrogen-bond acceptors (Lipinski definition) is 4. The highest BCUT2D eigenvalue weighted by atomic mass is 19.1. The van der Waals surface area contributed by atoms with E-state index in [1.54, 1.807) is 25.4 Å². The van der Waals surface area contributed by atoms with Gasteiger partial charge in [-0.15, -0.1) is 0 Å². The van der Waals surface area contributed by atoms with Crippen LogP contribution in [0.2, 0.25) is 0 Å². The Kier molecular flexibility index (Phi) is 4.83. The lowest BCUT2D eigenvalue weighted by atomic mass is 9.96. The van der Waals surface area contributed by atoms with Crippen molar-refractivity contribution in [1.29, 1.82) is 0 Å². The Balaban J connectivity index is 1.65. The maximum absolute atomic E-state index is 14.1. The molecule has 0 unspecified atom stereocenters. The van der Waals surface area contributed by atoms with E-state index in [0.717, 1.165) is 12.8 Å². The van der Waals surface area contributed by atoms with E-state index in [1.807, 2.05) is 0 Å². The lowest BCUT2D eigenvalue weighted by Gasteiger charge is -2.22. The minimum atomic E-state index is -0.657. The van der Waals surface area contributed by atoms with Crippen LogP contribution in [0.15, 0.2) is 36.7 Å². The van der Waals surface area contributed by atoms with E-state index >= 15 is 0 Å². The normalized spacial score (nSPS) is 15.1. The molecule has 0 saturated heterocycles. The predicted octanol–water partition coefficient (Wildman–Crippen LogP) is 4.66. The standard InChI is InChI=1S/C20H21F2N5/c1-13-15(12-24-27(13)19-16(21)8-5-9-17(19)22)18-10-11-23-20(26-18)25-14-6-3-2-4-7-14/h5,8-12,14H,2-4,6-7H2,1H3,(H,23,25,26). The highest BCUT2D eigenvalue weighted by Gasteiger charge is 2.18. The summed E-state index contributed by atoms with van der Waals surface area (Å²) >= 11 is 0. The van der Waals surface area contributed by atoms with Crippen LogP contribution in [0, 0.1) is 18.6 Å². The molecule has 5 nitrogen and oxygen atoms in total. The first-order valence-corrected chi connectivity index (χ1v) is 9.22. The Labute approximate surface area is 156 Å². The zero-order valence-corrected chi connectivity index (χ0v) is 15.1. The summed E-state index contributed by atoms with van der Waals surface area (Å²) in [6, 6.07) is 5.94. The number of aromatic nitrogens is 4. The van der Waals surface area contributed by atoms with Crippen LogP contribution < -0.4 is 5.32 Å². The Morgan fingerprint density at radius 2 is 1.81 bits per heavy atom. The maximum Gasteiger partial charge on any atom is 0.223 e. The van der Waals surface area contributed by atoms with Crippen molar-refractivity contribution in [3.63, 3.8) is 0 Å². The Morgan fingerprint density at radius 1 is 1.07 bits per heavy atom. The summed E-state index contributed by atoms with van der Waals surface area (Å²) in [6.45, 7) is 1.77. The Bertz CT molecular complexity index is 927. The summed E-state index contributed by atoms with van der Waals surface area (Å²) < 4.78 is 29.5. The van der Waals surface area contributed by atoms with Crippen LogP contribution in [-0.4, -0.2) is 25.8 Å². The topological polar surface area (TPSA) is 55.6 Å². The molecule has 1 N–H and O–H groups in total. The monoisotopic (exact) mass is 369 g/mol. The molecule has 140 valence electrons. The van der Waals surface area contributed by atoms with Gasteiger partial charge in [0.1, 0.15) is 5.69 Å². The summed E-state index contributed by atoms with van der Waals surface area (Å²) in [6.07, 6.45) is 9.23. The van der Waals surface area contributed by atoms with E-state index in [0.29, 0.717) is 28.9 Å². The molecular weight excluding hydrogens is 348 g/mol. The number of nitrogens with zero attached hydrogens (tertiary/aromatic N) is 4. The molecule has 0 atom stereocenters. The van der Waals surface area contributed by atoms with Crippen LogP contribution in [0.5, 0.6) is 0 Å². The van der Waals surface area contributed by atoms with Crippen molar-refractivity contribution >= 4 is 5.95 Å². The molecule has 3 aromatic rings. The third kappa shape index (κ3) is 3.54. The van der Waals surface area contributed by atoms with Gasteiger partial charge in [0.2, 0.25) is 5.95 Å². The fraction of sp³-hybridized carbons (Fsp3) is 0.350. The Hall–Kier alpha value is -2.83. The number of rotatable bonds is 4. The average molecular weight is 369 g/mol. The van der Waals surface area contributed by atoms with Crippen molar-refractivity contribution in [3.8, 4) is 16.9 Å². The molecule has 0 aliphatic heterocycles. The second-order valence-corrected chi connectivity index (χ2v) is 6.87. The van der Waals surface area contributed by atoms with Crippen molar-refractivity contribution < 1.29 is 8.78 Å². The largest absolute Gasteiger partial charge is 0.351 e. The smallest absolute Gasteiger partial charge is 0.223 e. The lowest BCUT2D eigenvalue weighted by Crippen LogP contribution is -2.23. The molecule has 0 spiro atoms. The molecule has 4 rings (SSSR count). The minimum Gasteiger partial charge on any atom is -0.351 e. The van der Waals surface area contributed by atoms with Crippen LogP contribution in [-0.2, 0) is 0 Å². The number of anilines is 1. The summed E-state index contributed by atoms with van der Waals surface area (Å²) in [5.41, 5.74) is 1.81. The van der Waals surface area contributed by atoms with Gasteiger partial charge in [0.05, 0.1) is 17.6 Å². The number of benzene rings is 1. The van der Waals surface area contributed by atoms with Gasteiger partial charge in [-0.2, -0.15) is 5.10 Å². The fourth-order valence-electron chi connectivity index (χ4n) is 3.59. The first-order valence-electron chi connectivity index (χ1n) is 9.22. The van der Waals surface area contributed by atoms with Crippen molar-refractivity contribution in [2.24, 2.45) is 0 Å². The zero-order valence-electron chi connectivity index (χ0n) is 15.1. The molecule has 0 radical (unpaired) electrons. The number of nitrogens with one attached hydrogen (secondary N) is 1. The summed E-state index contributed by atoms with van der Waals surface area (Å²) in [5.74, 6) is -0.742. The number of hydrogen-bond donors (Lipinski definition) is 1. The molecule has 0 bridgehead atoms. The predicted molar refractivity (Wildman–Crippen MR) is 99.7 cm³/mol. The van der Waals surface area contributed by atoms with Gasteiger partial charge in [-0.25, -0.2) is 23.4 Å². The van der Waals surface area contributed by atoms with Gasteiger partial charge in [0, 0.05) is 17.8 Å². The van der Waals surface area contributed by atoms with E-state index in [2.05, 4.69) is 20.4 Å². The first kappa shape index (κ1) is 17.6. The SMILES string of the molecule is Cc1c(-c2ccnc(NC3CCCCC3)n2)cnn1-c1c(F)cccc1F. The van der Waals surface area contributed by atoms with E-state index in [4.69, 9.17) is 0 Å². The lowest BCUT2D eigenvalue weighted by molar-refractivity contribution is 0.461. The van der Waals surface area contributed by atoms with Crippen molar-refractivity contribution in [3.05, 3.63) is 54.0 Å². The minimum absolute atomic E-state index is 0.184. The van der Waals surface area contributed by atoms with Gasteiger partial charge in [-0.05, 0) is 38.0 Å². The fourth-order valence-corrected chi connectivity index (χ4v) is 3.59. The molecule has 1 fully saturated rings. The van der Waals surface area contributed by atoms with Crippen LogP contribution in [0.1, 0.15) is 37.8 Å². The van der Waals surface area contributed by atoms with Crippen LogP contribution in [0.25, 0.3) is 16.9 Å². The third-order valence-electron chi connectivity index (χ3n) is 5.03. The third-order valence-corrected chi connectivity index (χ3v) is 5.03. The van der Waals surface area contributed by atoms with Gasteiger partial charge in [-0.1, -0.05) is 25.3 Å². The second-order valence-electron chi connectivity index (χ2n) is 6.87. The van der Waals surface area contributed by atoms with Gasteiger partial charge in [-0.3, -0.25) is 0 Å². The van der Waals surface area contributed by atoms with Crippen LogP contribution >= 0.6 is 0 Å². The van der Waals surface area contributed by atoms with Crippen LogP contribution in [0.3, 0.4) is 0 Å². The van der Waals surface area contributed by atoms with E-state index in [1.165, 1.54) is 42.1 Å². The van der Waals surface area contributed by atoms with E-state index in [-0.39, 0.29) is 5.69 Å². The van der Waals surface area contributed by atoms with Crippen molar-refractivity contribution in [1.82, 2.24) is 19.7 Å². The van der Waals surface area contributed by atoms with Gasteiger partial charge in [0.15, 0.2) is 11.6 Å². The second kappa shape index (κ2) is 7.42. The molecule has 7 heteroatoms. The highest BCUT2D eigenvalue weighted by Crippen LogP contribution is 2.27.